The van der Waals surface area contributed by atoms with Gasteiger partial charge in [-0.25, -0.2) is 4.98 Å². The van der Waals surface area contributed by atoms with E-state index in [2.05, 4.69) is 34.1 Å². The van der Waals surface area contributed by atoms with Crippen molar-refractivity contribution in [1.82, 2.24) is 4.98 Å². The van der Waals surface area contributed by atoms with E-state index in [9.17, 15) is 4.79 Å². The Morgan fingerprint density at radius 3 is 2.35 bits per heavy atom. The van der Waals surface area contributed by atoms with Gasteiger partial charge in [-0.1, -0.05) is 35.9 Å². The summed E-state index contributed by atoms with van der Waals surface area (Å²) >= 11 is 0. The normalized spacial score (nSPS) is 10.4. The van der Waals surface area contributed by atoms with Crippen LogP contribution < -0.4 is 9.80 Å². The van der Waals surface area contributed by atoms with Crippen LogP contribution in [0.25, 0.3) is 0 Å². The van der Waals surface area contributed by atoms with Crippen molar-refractivity contribution in [3.05, 3.63) is 89.6 Å². The first-order valence-corrected chi connectivity index (χ1v) is 8.60. The Labute approximate surface area is 154 Å². The van der Waals surface area contributed by atoms with Gasteiger partial charge in [0.2, 0.25) is 0 Å². The maximum absolute atomic E-state index is 13.2. The molecule has 4 heteroatoms. The smallest absolute Gasteiger partial charge is 0.259 e. The highest BCUT2D eigenvalue weighted by atomic mass is 16.2. The average Bonchev–Trinajstić information content (AvgIpc) is 2.66. The van der Waals surface area contributed by atoms with Gasteiger partial charge in [0.05, 0.1) is 6.54 Å². The van der Waals surface area contributed by atoms with Crippen LogP contribution in [0, 0.1) is 6.92 Å². The van der Waals surface area contributed by atoms with E-state index in [4.69, 9.17) is 0 Å². The molecule has 0 N–H and O–H groups in total. The molecule has 0 spiro atoms. The second-order valence-electron chi connectivity index (χ2n) is 6.51. The van der Waals surface area contributed by atoms with Crippen LogP contribution in [0.15, 0.2) is 72.9 Å². The van der Waals surface area contributed by atoms with Crippen molar-refractivity contribution >= 4 is 17.4 Å². The minimum absolute atomic E-state index is 0.0518. The first-order valence-electron chi connectivity index (χ1n) is 8.60. The summed E-state index contributed by atoms with van der Waals surface area (Å²) < 4.78 is 0. The number of rotatable bonds is 5. The number of aromatic nitrogens is 1. The number of benzene rings is 2. The molecule has 0 aliphatic heterocycles. The molecule has 3 aromatic rings. The van der Waals surface area contributed by atoms with Gasteiger partial charge >= 0.3 is 0 Å². The molecule has 0 aliphatic rings. The standard InChI is InChI=1S/C22H23N3O/c1-17-7-6-8-19(15-17)22(26)25(21-9-4-5-14-23-21)16-18-10-12-20(13-11-18)24(2)3/h4-15H,16H2,1-3H3. The van der Waals surface area contributed by atoms with Crippen molar-refractivity contribution in [1.29, 1.82) is 0 Å². The van der Waals surface area contributed by atoms with Gasteiger partial charge < -0.3 is 4.90 Å². The molecule has 26 heavy (non-hydrogen) atoms. The molecular formula is C22H23N3O. The molecule has 0 saturated heterocycles. The highest BCUT2D eigenvalue weighted by Gasteiger charge is 2.19. The Hall–Kier alpha value is -3.14. The van der Waals surface area contributed by atoms with Gasteiger partial charge in [0.1, 0.15) is 5.82 Å². The molecular weight excluding hydrogens is 322 g/mol. The van der Waals surface area contributed by atoms with E-state index >= 15 is 0 Å². The molecule has 0 aliphatic carbocycles. The summed E-state index contributed by atoms with van der Waals surface area (Å²) in [5, 5.41) is 0. The largest absolute Gasteiger partial charge is 0.378 e. The molecule has 0 saturated carbocycles. The average molecular weight is 345 g/mol. The number of aryl methyl sites for hydroxylation is 1. The topological polar surface area (TPSA) is 36.4 Å². The number of amides is 1. The Kier molecular flexibility index (Phi) is 5.32. The van der Waals surface area contributed by atoms with E-state index < -0.39 is 0 Å². The number of carbonyl (C=O) groups is 1. The molecule has 1 aromatic heterocycles. The summed E-state index contributed by atoms with van der Waals surface area (Å²) in [4.78, 5) is 21.3. The predicted octanol–water partition coefficient (Wildman–Crippen LogP) is 4.30. The van der Waals surface area contributed by atoms with E-state index in [-0.39, 0.29) is 5.91 Å². The Bertz CT molecular complexity index is 873. The number of carbonyl (C=O) groups excluding carboxylic acids is 1. The summed E-state index contributed by atoms with van der Waals surface area (Å²) in [7, 11) is 4.02. The number of pyridine rings is 1. The fourth-order valence-corrected chi connectivity index (χ4v) is 2.79. The van der Waals surface area contributed by atoms with Crippen LogP contribution in [0.2, 0.25) is 0 Å². The predicted molar refractivity (Wildman–Crippen MR) is 107 cm³/mol. The molecule has 1 heterocycles. The highest BCUT2D eigenvalue weighted by molar-refractivity contribution is 6.05. The van der Waals surface area contributed by atoms with Gasteiger partial charge in [-0.2, -0.15) is 0 Å². The highest BCUT2D eigenvalue weighted by Crippen LogP contribution is 2.20. The third kappa shape index (κ3) is 4.09. The molecule has 4 nitrogen and oxygen atoms in total. The molecule has 3 rings (SSSR count). The maximum Gasteiger partial charge on any atom is 0.259 e. The number of hydrogen-bond acceptors (Lipinski definition) is 3. The van der Waals surface area contributed by atoms with Gasteiger partial charge in [-0.3, -0.25) is 9.69 Å². The Balaban J connectivity index is 1.92. The second-order valence-corrected chi connectivity index (χ2v) is 6.51. The lowest BCUT2D eigenvalue weighted by Gasteiger charge is -2.22. The SMILES string of the molecule is Cc1cccc(C(=O)N(Cc2ccc(N(C)C)cc2)c2ccccn2)c1. The van der Waals surface area contributed by atoms with Crippen LogP contribution in [0.4, 0.5) is 11.5 Å². The molecule has 132 valence electrons. The first-order chi connectivity index (χ1) is 12.5. The van der Waals surface area contributed by atoms with E-state index in [1.807, 2.05) is 63.5 Å². The summed E-state index contributed by atoms with van der Waals surface area (Å²) in [5.41, 5.74) is 3.91. The molecule has 2 aromatic carbocycles. The lowest BCUT2D eigenvalue weighted by Crippen LogP contribution is -2.31. The van der Waals surface area contributed by atoms with E-state index in [1.54, 1.807) is 11.1 Å². The number of hydrogen-bond donors (Lipinski definition) is 0. The van der Waals surface area contributed by atoms with Crippen molar-refractivity contribution in [3.63, 3.8) is 0 Å². The Morgan fingerprint density at radius 2 is 1.73 bits per heavy atom. The fraction of sp³-hybridized carbons (Fsp3) is 0.182. The molecule has 0 atom stereocenters. The second kappa shape index (κ2) is 7.83. The van der Waals surface area contributed by atoms with Crippen molar-refractivity contribution < 1.29 is 4.79 Å². The Morgan fingerprint density at radius 1 is 0.962 bits per heavy atom. The summed E-state index contributed by atoms with van der Waals surface area (Å²) in [5.74, 6) is 0.597. The zero-order valence-corrected chi connectivity index (χ0v) is 15.4. The lowest BCUT2D eigenvalue weighted by atomic mass is 10.1. The fourth-order valence-electron chi connectivity index (χ4n) is 2.79. The van der Waals surface area contributed by atoms with Crippen LogP contribution in [-0.4, -0.2) is 25.0 Å². The quantitative estimate of drug-likeness (QED) is 0.692. The first kappa shape index (κ1) is 17.7. The van der Waals surface area contributed by atoms with E-state index in [0.717, 1.165) is 16.8 Å². The van der Waals surface area contributed by atoms with Crippen LogP contribution in [0.1, 0.15) is 21.5 Å². The van der Waals surface area contributed by atoms with Crippen molar-refractivity contribution in [2.75, 3.05) is 23.9 Å². The minimum Gasteiger partial charge on any atom is -0.378 e. The summed E-state index contributed by atoms with van der Waals surface area (Å²) in [6.07, 6.45) is 1.71. The van der Waals surface area contributed by atoms with Crippen LogP contribution in [0.5, 0.6) is 0 Å². The molecule has 0 fully saturated rings. The van der Waals surface area contributed by atoms with Gasteiger partial charge in [0.25, 0.3) is 5.91 Å². The van der Waals surface area contributed by atoms with Crippen molar-refractivity contribution in [2.24, 2.45) is 0 Å². The third-order valence-electron chi connectivity index (χ3n) is 4.23. The molecule has 1 amide bonds. The summed E-state index contributed by atoms with van der Waals surface area (Å²) in [6.45, 7) is 2.46. The zero-order chi connectivity index (χ0) is 18.5. The van der Waals surface area contributed by atoms with Gasteiger partial charge in [-0.15, -0.1) is 0 Å². The molecule has 0 radical (unpaired) electrons. The van der Waals surface area contributed by atoms with Crippen LogP contribution in [0.3, 0.4) is 0 Å². The molecule has 0 bridgehead atoms. The van der Waals surface area contributed by atoms with Gasteiger partial charge in [0.15, 0.2) is 0 Å². The van der Waals surface area contributed by atoms with E-state index in [0.29, 0.717) is 17.9 Å². The zero-order valence-electron chi connectivity index (χ0n) is 15.4. The van der Waals surface area contributed by atoms with Crippen molar-refractivity contribution in [3.8, 4) is 0 Å². The summed E-state index contributed by atoms with van der Waals surface area (Å²) in [6, 6.07) is 21.5. The van der Waals surface area contributed by atoms with Crippen LogP contribution >= 0.6 is 0 Å². The third-order valence-corrected chi connectivity index (χ3v) is 4.23. The number of nitrogens with zero attached hydrogens (tertiary/aromatic N) is 3. The maximum atomic E-state index is 13.2. The van der Waals surface area contributed by atoms with E-state index in [1.165, 1.54) is 0 Å². The lowest BCUT2D eigenvalue weighted by molar-refractivity contribution is 0.0984. The number of anilines is 2. The van der Waals surface area contributed by atoms with Crippen molar-refractivity contribution in [2.45, 2.75) is 13.5 Å². The van der Waals surface area contributed by atoms with Gasteiger partial charge in [-0.05, 0) is 48.9 Å². The minimum atomic E-state index is -0.0518. The van der Waals surface area contributed by atoms with Crippen LogP contribution in [-0.2, 0) is 6.54 Å². The molecule has 0 unspecified atom stereocenters. The van der Waals surface area contributed by atoms with Gasteiger partial charge in [0, 0.05) is 31.5 Å². The monoisotopic (exact) mass is 345 g/mol.